The number of carbonyl (C=O) groups excluding carboxylic acids is 1. The SMILES string of the molecule is CCN(CC)c1cc(Nc2ccc(NC(=O)c3ccc(SC)cc3)cc2)nc(C)n1. The third-order valence-electron chi connectivity index (χ3n) is 4.68. The summed E-state index contributed by atoms with van der Waals surface area (Å²) < 4.78 is 0. The molecule has 2 N–H and O–H groups in total. The van der Waals surface area contributed by atoms with Gasteiger partial charge in [-0.2, -0.15) is 0 Å². The van der Waals surface area contributed by atoms with Gasteiger partial charge in [-0.25, -0.2) is 9.97 Å². The quantitative estimate of drug-likeness (QED) is 0.478. The van der Waals surface area contributed by atoms with Gasteiger partial charge in [0.1, 0.15) is 17.5 Å². The van der Waals surface area contributed by atoms with Gasteiger partial charge in [0, 0.05) is 41.0 Å². The van der Waals surface area contributed by atoms with Gasteiger partial charge in [0.05, 0.1) is 0 Å². The van der Waals surface area contributed by atoms with Crippen molar-refractivity contribution < 1.29 is 4.79 Å². The third-order valence-corrected chi connectivity index (χ3v) is 5.42. The molecule has 1 aromatic heterocycles. The van der Waals surface area contributed by atoms with Gasteiger partial charge >= 0.3 is 0 Å². The normalized spacial score (nSPS) is 10.5. The number of carbonyl (C=O) groups is 1. The number of aromatic nitrogens is 2. The number of hydrogen-bond donors (Lipinski definition) is 2. The van der Waals surface area contributed by atoms with E-state index in [1.807, 2.05) is 67.8 Å². The van der Waals surface area contributed by atoms with E-state index in [2.05, 4.69) is 39.3 Å². The molecular weight excluding hydrogens is 394 g/mol. The Hall–Kier alpha value is -3.06. The van der Waals surface area contributed by atoms with Crippen LogP contribution in [0.3, 0.4) is 0 Å². The molecule has 0 spiro atoms. The van der Waals surface area contributed by atoms with Crippen molar-refractivity contribution in [2.24, 2.45) is 0 Å². The van der Waals surface area contributed by atoms with E-state index in [9.17, 15) is 4.79 Å². The molecule has 2 aromatic carbocycles. The van der Waals surface area contributed by atoms with Crippen LogP contribution in [-0.2, 0) is 0 Å². The highest BCUT2D eigenvalue weighted by Gasteiger charge is 2.09. The first-order valence-electron chi connectivity index (χ1n) is 9.95. The first kappa shape index (κ1) is 21.6. The number of thioether (sulfide) groups is 1. The predicted molar refractivity (Wildman–Crippen MR) is 126 cm³/mol. The number of nitrogens with zero attached hydrogens (tertiary/aromatic N) is 3. The second-order valence-electron chi connectivity index (χ2n) is 6.72. The average Bonchev–Trinajstić information content (AvgIpc) is 2.75. The molecule has 0 aliphatic rings. The number of nitrogens with one attached hydrogen (secondary N) is 2. The number of aryl methyl sites for hydroxylation is 1. The second kappa shape index (κ2) is 10.1. The standard InChI is InChI=1S/C23H27N5OS/c1-5-28(6-2)22-15-21(24-16(3)25-22)26-18-9-11-19(12-10-18)27-23(29)17-7-13-20(30-4)14-8-17/h7-15H,5-6H2,1-4H3,(H,27,29)(H,24,25,26). The number of amides is 1. The van der Waals surface area contributed by atoms with Crippen LogP contribution in [-0.4, -0.2) is 35.2 Å². The van der Waals surface area contributed by atoms with Crippen LogP contribution < -0.4 is 15.5 Å². The van der Waals surface area contributed by atoms with E-state index in [4.69, 9.17) is 0 Å². The fourth-order valence-corrected chi connectivity index (χ4v) is 3.46. The maximum atomic E-state index is 12.4. The summed E-state index contributed by atoms with van der Waals surface area (Å²) in [6.07, 6.45) is 2.01. The molecule has 0 bridgehead atoms. The van der Waals surface area contributed by atoms with Crippen LogP contribution in [0.4, 0.5) is 23.0 Å². The van der Waals surface area contributed by atoms with Crippen LogP contribution in [0.2, 0.25) is 0 Å². The lowest BCUT2D eigenvalue weighted by Crippen LogP contribution is -2.23. The zero-order chi connectivity index (χ0) is 21.5. The van der Waals surface area contributed by atoms with E-state index in [0.29, 0.717) is 5.56 Å². The van der Waals surface area contributed by atoms with Crippen LogP contribution in [0.15, 0.2) is 59.5 Å². The number of hydrogen-bond acceptors (Lipinski definition) is 6. The molecule has 0 fully saturated rings. The maximum absolute atomic E-state index is 12.4. The van der Waals surface area contributed by atoms with Gasteiger partial charge in [0.15, 0.2) is 0 Å². The average molecular weight is 422 g/mol. The van der Waals surface area contributed by atoms with Crippen molar-refractivity contribution in [1.29, 1.82) is 0 Å². The Balaban J connectivity index is 1.68. The molecule has 0 saturated heterocycles. The smallest absolute Gasteiger partial charge is 0.255 e. The zero-order valence-electron chi connectivity index (χ0n) is 17.8. The Morgan fingerprint density at radius 1 is 0.967 bits per heavy atom. The first-order chi connectivity index (χ1) is 14.5. The number of benzene rings is 2. The Kier molecular flexibility index (Phi) is 7.30. The van der Waals surface area contributed by atoms with E-state index in [1.165, 1.54) is 0 Å². The molecule has 3 rings (SSSR count). The van der Waals surface area contributed by atoms with E-state index < -0.39 is 0 Å². The summed E-state index contributed by atoms with van der Waals surface area (Å²) in [4.78, 5) is 24.8. The van der Waals surface area contributed by atoms with Crippen molar-refractivity contribution in [1.82, 2.24) is 9.97 Å². The molecular formula is C23H27N5OS. The molecule has 156 valence electrons. The highest BCUT2D eigenvalue weighted by molar-refractivity contribution is 7.98. The highest BCUT2D eigenvalue weighted by atomic mass is 32.2. The summed E-state index contributed by atoms with van der Waals surface area (Å²) >= 11 is 1.65. The lowest BCUT2D eigenvalue weighted by atomic mass is 10.2. The lowest BCUT2D eigenvalue weighted by molar-refractivity contribution is 0.102. The van der Waals surface area contributed by atoms with Crippen LogP contribution in [0, 0.1) is 6.92 Å². The fraction of sp³-hybridized carbons (Fsp3) is 0.261. The van der Waals surface area contributed by atoms with Crippen LogP contribution >= 0.6 is 11.8 Å². The molecule has 1 amide bonds. The van der Waals surface area contributed by atoms with E-state index in [1.54, 1.807) is 11.8 Å². The molecule has 0 aliphatic carbocycles. The Labute approximate surface area is 182 Å². The first-order valence-corrected chi connectivity index (χ1v) is 11.2. The Bertz CT molecular complexity index is 985. The molecule has 6 nitrogen and oxygen atoms in total. The van der Waals surface area contributed by atoms with Crippen LogP contribution in [0.25, 0.3) is 0 Å². The minimum atomic E-state index is -0.126. The molecule has 30 heavy (non-hydrogen) atoms. The van der Waals surface area contributed by atoms with Crippen molar-refractivity contribution >= 4 is 40.7 Å². The topological polar surface area (TPSA) is 70.2 Å². The van der Waals surface area contributed by atoms with Gasteiger partial charge in [-0.3, -0.25) is 4.79 Å². The predicted octanol–water partition coefficient (Wildman–Crippen LogP) is 5.35. The second-order valence-corrected chi connectivity index (χ2v) is 7.60. The van der Waals surface area contributed by atoms with Crippen LogP contribution in [0.1, 0.15) is 30.0 Å². The summed E-state index contributed by atoms with van der Waals surface area (Å²) in [5.41, 5.74) is 2.26. The molecule has 0 aliphatic heterocycles. The van der Waals surface area contributed by atoms with Gasteiger partial charge in [0.25, 0.3) is 5.91 Å². The van der Waals surface area contributed by atoms with Crippen molar-refractivity contribution in [3.05, 3.63) is 66.0 Å². The van der Waals surface area contributed by atoms with Gasteiger partial charge in [-0.05, 0) is 75.6 Å². The minimum Gasteiger partial charge on any atom is -0.357 e. The molecule has 1 heterocycles. The summed E-state index contributed by atoms with van der Waals surface area (Å²) in [6.45, 7) is 7.89. The van der Waals surface area contributed by atoms with Gasteiger partial charge in [-0.15, -0.1) is 11.8 Å². The molecule has 0 radical (unpaired) electrons. The van der Waals surface area contributed by atoms with Gasteiger partial charge < -0.3 is 15.5 Å². The molecule has 0 atom stereocenters. The molecule has 0 saturated carbocycles. The monoisotopic (exact) mass is 421 g/mol. The molecule has 7 heteroatoms. The summed E-state index contributed by atoms with van der Waals surface area (Å²) in [6, 6.07) is 17.1. The fourth-order valence-electron chi connectivity index (χ4n) is 3.06. The third kappa shape index (κ3) is 5.51. The van der Waals surface area contributed by atoms with E-state index >= 15 is 0 Å². The molecule has 3 aromatic rings. The highest BCUT2D eigenvalue weighted by Crippen LogP contribution is 2.22. The van der Waals surface area contributed by atoms with Crippen molar-refractivity contribution in [2.45, 2.75) is 25.7 Å². The Morgan fingerprint density at radius 3 is 2.20 bits per heavy atom. The van der Waals surface area contributed by atoms with E-state index in [-0.39, 0.29) is 5.91 Å². The number of rotatable bonds is 8. The van der Waals surface area contributed by atoms with Gasteiger partial charge in [0.2, 0.25) is 0 Å². The van der Waals surface area contributed by atoms with Gasteiger partial charge in [-0.1, -0.05) is 0 Å². The zero-order valence-corrected chi connectivity index (χ0v) is 18.6. The van der Waals surface area contributed by atoms with Crippen molar-refractivity contribution in [3.8, 4) is 0 Å². The van der Waals surface area contributed by atoms with E-state index in [0.717, 1.165) is 46.8 Å². The minimum absolute atomic E-state index is 0.126. The number of anilines is 4. The Morgan fingerprint density at radius 2 is 1.60 bits per heavy atom. The van der Waals surface area contributed by atoms with Crippen LogP contribution in [0.5, 0.6) is 0 Å². The lowest BCUT2D eigenvalue weighted by Gasteiger charge is -2.20. The largest absolute Gasteiger partial charge is 0.357 e. The summed E-state index contributed by atoms with van der Waals surface area (Å²) in [7, 11) is 0. The maximum Gasteiger partial charge on any atom is 0.255 e. The summed E-state index contributed by atoms with van der Waals surface area (Å²) in [5, 5.41) is 6.25. The van der Waals surface area contributed by atoms with Crippen molar-refractivity contribution in [3.63, 3.8) is 0 Å². The van der Waals surface area contributed by atoms with Crippen molar-refractivity contribution in [2.75, 3.05) is 34.9 Å². The summed E-state index contributed by atoms with van der Waals surface area (Å²) in [5.74, 6) is 2.25. The molecule has 0 unspecified atom stereocenters.